The molecule has 34 heavy (non-hydrogen) atoms. The summed E-state index contributed by atoms with van der Waals surface area (Å²) in [4.78, 5) is 8.18. The molecule has 3 N–H and O–H groups in total. The van der Waals surface area contributed by atoms with Crippen LogP contribution in [0, 0.1) is 11.7 Å². The Labute approximate surface area is 197 Å². The van der Waals surface area contributed by atoms with Crippen molar-refractivity contribution in [1.82, 2.24) is 14.7 Å². The first-order chi connectivity index (χ1) is 16.3. The predicted molar refractivity (Wildman–Crippen MR) is 130 cm³/mol. The molecule has 0 saturated carbocycles. The minimum atomic E-state index is -3.89. The topological polar surface area (TPSA) is 98.0 Å². The van der Waals surface area contributed by atoms with Crippen LogP contribution >= 0.6 is 0 Å². The molecule has 1 aliphatic carbocycles. The van der Waals surface area contributed by atoms with Crippen LogP contribution < -0.4 is 10.5 Å². The van der Waals surface area contributed by atoms with Crippen molar-refractivity contribution in [3.8, 4) is 22.4 Å². The number of hydrogen-bond donors (Lipinski definition) is 2. The van der Waals surface area contributed by atoms with Gasteiger partial charge in [-0.1, -0.05) is 55.5 Å². The Morgan fingerprint density at radius 1 is 0.971 bits per heavy atom. The van der Waals surface area contributed by atoms with Crippen LogP contribution in [-0.4, -0.2) is 18.4 Å². The minimum absolute atomic E-state index is 0.103. The van der Waals surface area contributed by atoms with Gasteiger partial charge in [-0.15, -0.1) is 0 Å². The number of sulfonamides is 1. The van der Waals surface area contributed by atoms with Gasteiger partial charge in [0.05, 0.1) is 29.0 Å². The van der Waals surface area contributed by atoms with Gasteiger partial charge in [0.1, 0.15) is 11.6 Å². The maximum atomic E-state index is 15.0. The first kappa shape index (κ1) is 22.2. The van der Waals surface area contributed by atoms with E-state index in [2.05, 4.69) is 14.7 Å². The van der Waals surface area contributed by atoms with Crippen LogP contribution in [0.15, 0.2) is 84.0 Å². The van der Waals surface area contributed by atoms with Crippen LogP contribution in [0.25, 0.3) is 22.4 Å². The molecule has 3 aromatic carbocycles. The van der Waals surface area contributed by atoms with E-state index in [-0.39, 0.29) is 28.2 Å². The number of benzene rings is 3. The summed E-state index contributed by atoms with van der Waals surface area (Å²) >= 11 is 0. The van der Waals surface area contributed by atoms with Crippen LogP contribution in [0.3, 0.4) is 0 Å². The van der Waals surface area contributed by atoms with Crippen molar-refractivity contribution in [2.45, 2.75) is 24.3 Å². The summed E-state index contributed by atoms with van der Waals surface area (Å²) in [6, 6.07) is 18.7. The molecule has 0 spiro atoms. The molecule has 2 unspecified atom stereocenters. The maximum absolute atomic E-state index is 15.0. The lowest BCUT2D eigenvalue weighted by molar-refractivity contribution is 0.465. The summed E-state index contributed by atoms with van der Waals surface area (Å²) in [5, 5.41) is 0. The van der Waals surface area contributed by atoms with E-state index in [0.717, 1.165) is 17.5 Å². The van der Waals surface area contributed by atoms with Gasteiger partial charge in [-0.2, -0.15) is 0 Å². The first-order valence-corrected chi connectivity index (χ1v) is 12.4. The van der Waals surface area contributed by atoms with Crippen molar-refractivity contribution >= 4 is 15.8 Å². The predicted octanol–water partition coefficient (Wildman–Crippen LogP) is 4.74. The molecule has 1 heterocycles. The van der Waals surface area contributed by atoms with Crippen molar-refractivity contribution in [3.05, 3.63) is 96.1 Å². The largest absolute Gasteiger partial charge is 0.382 e. The molecule has 5 rings (SSSR count). The standard InChI is InChI=1S/C26H23FN4O2S/c1-16-12-17-6-2-3-8-20(17)26(16)31-34(32,33)24-9-5-4-7-19(24)18-10-11-21(22(27)13-18)23-14-30-25(28)15-29-23/h2-11,13-16,26,31H,12H2,1H3,(H2,28,30). The van der Waals surface area contributed by atoms with E-state index in [9.17, 15) is 8.42 Å². The molecule has 1 aliphatic rings. The summed E-state index contributed by atoms with van der Waals surface area (Å²) in [5.41, 5.74) is 9.18. The van der Waals surface area contributed by atoms with E-state index >= 15 is 4.39 Å². The molecule has 0 radical (unpaired) electrons. The number of nitrogens with two attached hydrogens (primary N) is 1. The van der Waals surface area contributed by atoms with Gasteiger partial charge in [-0.05, 0) is 47.2 Å². The summed E-state index contributed by atoms with van der Waals surface area (Å²) < 4.78 is 44.9. The number of nitrogen functional groups attached to an aromatic ring is 1. The minimum Gasteiger partial charge on any atom is -0.382 e. The molecular weight excluding hydrogens is 451 g/mol. The first-order valence-electron chi connectivity index (χ1n) is 10.9. The Morgan fingerprint density at radius 3 is 2.50 bits per heavy atom. The monoisotopic (exact) mass is 474 g/mol. The maximum Gasteiger partial charge on any atom is 0.241 e. The lowest BCUT2D eigenvalue weighted by Crippen LogP contribution is -2.31. The Bertz CT molecular complexity index is 1470. The number of aromatic nitrogens is 2. The average molecular weight is 475 g/mol. The number of halogens is 1. The van der Waals surface area contributed by atoms with Crippen LogP contribution in [0.2, 0.25) is 0 Å². The third-order valence-electron chi connectivity index (χ3n) is 6.19. The van der Waals surface area contributed by atoms with Gasteiger partial charge in [0, 0.05) is 11.1 Å². The average Bonchev–Trinajstić information content (AvgIpc) is 3.14. The quantitative estimate of drug-likeness (QED) is 0.435. The van der Waals surface area contributed by atoms with Crippen molar-refractivity contribution in [3.63, 3.8) is 0 Å². The van der Waals surface area contributed by atoms with Gasteiger partial charge in [0.25, 0.3) is 0 Å². The van der Waals surface area contributed by atoms with E-state index < -0.39 is 15.8 Å². The number of fused-ring (bicyclic) bond motifs is 1. The fourth-order valence-corrected chi connectivity index (χ4v) is 6.07. The molecule has 0 amide bonds. The smallest absolute Gasteiger partial charge is 0.241 e. The van der Waals surface area contributed by atoms with Crippen LogP contribution in [-0.2, 0) is 16.4 Å². The van der Waals surface area contributed by atoms with Crippen LogP contribution in [0.5, 0.6) is 0 Å². The highest BCUT2D eigenvalue weighted by atomic mass is 32.2. The van der Waals surface area contributed by atoms with E-state index in [1.54, 1.807) is 36.4 Å². The Hall–Kier alpha value is -3.62. The molecule has 6 nitrogen and oxygen atoms in total. The second-order valence-corrected chi connectivity index (χ2v) is 10.2. The zero-order chi connectivity index (χ0) is 23.9. The summed E-state index contributed by atoms with van der Waals surface area (Å²) in [6.07, 6.45) is 3.57. The van der Waals surface area contributed by atoms with Gasteiger partial charge < -0.3 is 5.73 Å². The number of hydrogen-bond acceptors (Lipinski definition) is 5. The van der Waals surface area contributed by atoms with E-state index in [0.29, 0.717) is 16.8 Å². The van der Waals surface area contributed by atoms with E-state index in [1.807, 2.05) is 31.2 Å². The zero-order valence-electron chi connectivity index (χ0n) is 18.4. The third-order valence-corrected chi connectivity index (χ3v) is 7.69. The highest BCUT2D eigenvalue weighted by Crippen LogP contribution is 2.38. The second kappa shape index (κ2) is 8.62. The molecular formula is C26H23FN4O2S. The zero-order valence-corrected chi connectivity index (χ0v) is 19.3. The van der Waals surface area contributed by atoms with Crippen LogP contribution in [0.4, 0.5) is 10.2 Å². The Morgan fingerprint density at radius 2 is 1.74 bits per heavy atom. The molecule has 0 bridgehead atoms. The summed E-state index contributed by atoms with van der Waals surface area (Å²) in [5.74, 6) is -0.168. The second-order valence-electron chi connectivity index (χ2n) is 8.50. The molecule has 2 atom stereocenters. The van der Waals surface area contributed by atoms with Gasteiger partial charge in [-0.3, -0.25) is 4.98 Å². The van der Waals surface area contributed by atoms with Crippen LogP contribution in [0.1, 0.15) is 24.1 Å². The van der Waals surface area contributed by atoms with Crippen molar-refractivity contribution in [1.29, 1.82) is 0 Å². The molecule has 0 saturated heterocycles. The highest BCUT2D eigenvalue weighted by molar-refractivity contribution is 7.89. The molecule has 4 aromatic rings. The lowest BCUT2D eigenvalue weighted by Gasteiger charge is -2.20. The lowest BCUT2D eigenvalue weighted by atomic mass is 10.0. The van der Waals surface area contributed by atoms with E-state index in [4.69, 9.17) is 5.73 Å². The Kier molecular flexibility index (Phi) is 5.63. The van der Waals surface area contributed by atoms with Gasteiger partial charge in [0.2, 0.25) is 10.0 Å². The van der Waals surface area contributed by atoms with Gasteiger partial charge >= 0.3 is 0 Å². The SMILES string of the molecule is CC1Cc2ccccc2C1NS(=O)(=O)c1ccccc1-c1ccc(-c2cnc(N)cn2)c(F)c1. The molecule has 172 valence electrons. The number of nitrogens with one attached hydrogen (secondary N) is 1. The number of rotatable bonds is 5. The van der Waals surface area contributed by atoms with Gasteiger partial charge in [-0.25, -0.2) is 22.5 Å². The Balaban J connectivity index is 1.50. The molecule has 0 fully saturated rings. The van der Waals surface area contributed by atoms with Gasteiger partial charge in [0.15, 0.2) is 0 Å². The highest BCUT2D eigenvalue weighted by Gasteiger charge is 2.33. The van der Waals surface area contributed by atoms with E-state index in [1.165, 1.54) is 18.5 Å². The van der Waals surface area contributed by atoms with Crippen molar-refractivity contribution < 1.29 is 12.8 Å². The molecule has 1 aromatic heterocycles. The fourth-order valence-electron chi connectivity index (χ4n) is 4.51. The van der Waals surface area contributed by atoms with Crippen molar-refractivity contribution in [2.24, 2.45) is 5.92 Å². The normalized spacial score (nSPS) is 17.5. The third kappa shape index (κ3) is 4.06. The number of anilines is 1. The summed E-state index contributed by atoms with van der Waals surface area (Å²) in [6.45, 7) is 2.04. The fraction of sp³-hybridized carbons (Fsp3) is 0.154. The van der Waals surface area contributed by atoms with Crippen molar-refractivity contribution in [2.75, 3.05) is 5.73 Å². The molecule has 8 heteroatoms. The number of nitrogens with zero attached hydrogens (tertiary/aromatic N) is 2. The molecule has 0 aliphatic heterocycles. The summed E-state index contributed by atoms with van der Waals surface area (Å²) in [7, 11) is -3.89.